The van der Waals surface area contributed by atoms with Crippen LogP contribution in [0.5, 0.6) is 0 Å². The molecule has 4 heteroatoms. The van der Waals surface area contributed by atoms with Crippen LogP contribution in [-0.2, 0) is 22.2 Å². The molecule has 1 aliphatic rings. The summed E-state index contributed by atoms with van der Waals surface area (Å²) in [6, 6.07) is 17.7. The van der Waals surface area contributed by atoms with Crippen molar-refractivity contribution >= 4 is 16.8 Å². The Bertz CT molecular complexity index is 781. The van der Waals surface area contributed by atoms with Gasteiger partial charge in [0.2, 0.25) is 0 Å². The molecular formula is C21H23NO2S. The molecule has 0 saturated heterocycles. The number of aryl methyl sites for hydroxylation is 2. The zero-order chi connectivity index (χ0) is 17.6. The topological polar surface area (TPSA) is 46.2 Å². The van der Waals surface area contributed by atoms with Gasteiger partial charge in [0.05, 0.1) is 4.90 Å². The minimum Gasteiger partial charge on any atom is -0.294 e. The van der Waals surface area contributed by atoms with Crippen LogP contribution in [0.1, 0.15) is 30.4 Å². The van der Waals surface area contributed by atoms with E-state index in [1.807, 2.05) is 55.5 Å². The molecule has 0 aliphatic heterocycles. The minimum absolute atomic E-state index is 0.173. The van der Waals surface area contributed by atoms with Crippen LogP contribution < -0.4 is 4.72 Å². The average Bonchev–Trinajstić information content (AvgIpc) is 3.06. The number of carbonyl (C=O) groups excluding carboxylic acids is 1. The average molecular weight is 353 g/mol. The predicted molar refractivity (Wildman–Crippen MR) is 102 cm³/mol. The Morgan fingerprint density at radius 1 is 1.08 bits per heavy atom. The van der Waals surface area contributed by atoms with Gasteiger partial charge < -0.3 is 0 Å². The van der Waals surface area contributed by atoms with Gasteiger partial charge in [0.25, 0.3) is 0 Å². The van der Waals surface area contributed by atoms with E-state index < -0.39 is 11.0 Å². The molecule has 2 aromatic rings. The van der Waals surface area contributed by atoms with Gasteiger partial charge in [-0.1, -0.05) is 54.1 Å². The largest absolute Gasteiger partial charge is 0.294 e. The summed E-state index contributed by atoms with van der Waals surface area (Å²) in [6.45, 7) is 2.00. The molecule has 1 aliphatic carbocycles. The second-order valence-corrected chi connectivity index (χ2v) is 7.64. The molecule has 0 aromatic heterocycles. The van der Waals surface area contributed by atoms with Gasteiger partial charge in [-0.15, -0.1) is 0 Å². The van der Waals surface area contributed by atoms with E-state index in [9.17, 15) is 9.00 Å². The molecule has 3 rings (SSSR count). The van der Waals surface area contributed by atoms with Gasteiger partial charge in [0, 0.05) is 18.0 Å². The number of hydrogen-bond acceptors (Lipinski definition) is 2. The van der Waals surface area contributed by atoms with Gasteiger partial charge >= 0.3 is 0 Å². The van der Waals surface area contributed by atoms with Gasteiger partial charge in [0.1, 0.15) is 11.0 Å². The predicted octanol–water partition coefficient (Wildman–Crippen LogP) is 3.90. The second kappa shape index (κ2) is 8.37. The fraction of sp³-hybridized carbons (Fsp3) is 0.286. The summed E-state index contributed by atoms with van der Waals surface area (Å²) in [5.74, 6) is 0.173. The van der Waals surface area contributed by atoms with E-state index in [2.05, 4.69) is 16.9 Å². The van der Waals surface area contributed by atoms with Crippen LogP contribution in [-0.4, -0.2) is 16.0 Å². The molecular weight excluding hydrogens is 330 g/mol. The summed E-state index contributed by atoms with van der Waals surface area (Å²) in [5, 5.41) is 0. The molecule has 1 N–H and O–H groups in total. The first-order valence-corrected chi connectivity index (χ1v) is 9.80. The van der Waals surface area contributed by atoms with Crippen molar-refractivity contribution in [2.75, 3.05) is 0 Å². The molecule has 0 spiro atoms. The number of ketones is 1. The SMILES string of the molecule is Cc1ccc(S(=O)N[C@H](CCc2ccccc2)C2=CCCC2=O)cc1. The molecule has 0 radical (unpaired) electrons. The lowest BCUT2D eigenvalue weighted by atomic mass is 9.99. The smallest absolute Gasteiger partial charge is 0.160 e. The van der Waals surface area contributed by atoms with Crippen molar-refractivity contribution in [1.82, 2.24) is 4.72 Å². The highest BCUT2D eigenvalue weighted by molar-refractivity contribution is 7.83. The van der Waals surface area contributed by atoms with E-state index in [1.54, 1.807) is 0 Å². The maximum absolute atomic E-state index is 12.7. The van der Waals surface area contributed by atoms with Crippen molar-refractivity contribution in [1.29, 1.82) is 0 Å². The second-order valence-electron chi connectivity index (χ2n) is 6.40. The number of nitrogens with one attached hydrogen (secondary N) is 1. The standard InChI is InChI=1S/C21H23NO2S/c1-16-10-13-18(14-11-16)25(24)22-20(19-8-5-9-21(19)23)15-12-17-6-3-2-4-7-17/h2-4,6-8,10-11,13-14,20,22H,5,9,12,15H2,1H3/t20-,25?/m1/s1. The van der Waals surface area contributed by atoms with Crippen molar-refractivity contribution < 1.29 is 9.00 Å². The molecule has 2 atom stereocenters. The Morgan fingerprint density at radius 2 is 1.80 bits per heavy atom. The molecule has 0 fully saturated rings. The van der Waals surface area contributed by atoms with Crippen molar-refractivity contribution in [2.24, 2.45) is 0 Å². The summed E-state index contributed by atoms with van der Waals surface area (Å²) in [7, 11) is -1.33. The normalized spacial score (nSPS) is 16.5. The molecule has 0 bridgehead atoms. The molecule has 130 valence electrons. The van der Waals surface area contributed by atoms with Crippen LogP contribution in [0.25, 0.3) is 0 Å². The third-order valence-corrected chi connectivity index (χ3v) is 5.68. The fourth-order valence-corrected chi connectivity index (χ4v) is 4.07. The first-order chi connectivity index (χ1) is 12.1. The highest BCUT2D eigenvalue weighted by atomic mass is 32.2. The molecule has 2 aromatic carbocycles. The Morgan fingerprint density at radius 3 is 2.44 bits per heavy atom. The van der Waals surface area contributed by atoms with Gasteiger partial charge in [-0.2, -0.15) is 0 Å². The highest BCUT2D eigenvalue weighted by Crippen LogP contribution is 2.22. The van der Waals surface area contributed by atoms with Crippen LogP contribution in [0.3, 0.4) is 0 Å². The third kappa shape index (κ3) is 4.74. The molecule has 1 unspecified atom stereocenters. The highest BCUT2D eigenvalue weighted by Gasteiger charge is 2.25. The van der Waals surface area contributed by atoms with E-state index in [0.717, 1.165) is 35.3 Å². The lowest BCUT2D eigenvalue weighted by Crippen LogP contribution is -2.35. The van der Waals surface area contributed by atoms with Gasteiger partial charge in [-0.05, 0) is 43.9 Å². The van der Waals surface area contributed by atoms with Gasteiger partial charge in [0.15, 0.2) is 5.78 Å². The number of Topliss-reactive ketones (excluding diaryl/α,β-unsaturated/α-hetero) is 1. The third-order valence-electron chi connectivity index (χ3n) is 4.48. The van der Waals surface area contributed by atoms with Gasteiger partial charge in [-0.3, -0.25) is 4.79 Å². The van der Waals surface area contributed by atoms with E-state index >= 15 is 0 Å². The molecule has 0 amide bonds. The van der Waals surface area contributed by atoms with Crippen LogP contribution in [0, 0.1) is 6.92 Å². The molecule has 25 heavy (non-hydrogen) atoms. The lowest BCUT2D eigenvalue weighted by Gasteiger charge is -2.19. The number of allylic oxidation sites excluding steroid dienone is 1. The Kier molecular flexibility index (Phi) is 5.95. The summed E-state index contributed by atoms with van der Waals surface area (Å²) in [5.41, 5.74) is 3.15. The lowest BCUT2D eigenvalue weighted by molar-refractivity contribution is -0.115. The Labute approximate surface area is 151 Å². The van der Waals surface area contributed by atoms with Crippen molar-refractivity contribution in [3.05, 3.63) is 77.4 Å². The number of benzene rings is 2. The van der Waals surface area contributed by atoms with Crippen molar-refractivity contribution in [3.8, 4) is 0 Å². The summed E-state index contributed by atoms with van der Waals surface area (Å²) < 4.78 is 15.9. The fourth-order valence-electron chi connectivity index (χ4n) is 3.05. The summed E-state index contributed by atoms with van der Waals surface area (Å²) in [6.07, 6.45) is 4.94. The van der Waals surface area contributed by atoms with Crippen LogP contribution in [0.15, 0.2) is 71.1 Å². The van der Waals surface area contributed by atoms with Crippen molar-refractivity contribution in [3.63, 3.8) is 0 Å². The van der Waals surface area contributed by atoms with E-state index in [0.29, 0.717) is 6.42 Å². The quantitative estimate of drug-likeness (QED) is 0.821. The zero-order valence-electron chi connectivity index (χ0n) is 14.4. The first kappa shape index (κ1) is 17.8. The molecule has 0 saturated carbocycles. The monoisotopic (exact) mass is 353 g/mol. The summed E-state index contributed by atoms with van der Waals surface area (Å²) >= 11 is 0. The van der Waals surface area contributed by atoms with Crippen LogP contribution in [0.4, 0.5) is 0 Å². The van der Waals surface area contributed by atoms with E-state index in [4.69, 9.17) is 0 Å². The van der Waals surface area contributed by atoms with Crippen LogP contribution >= 0.6 is 0 Å². The number of carbonyl (C=O) groups is 1. The van der Waals surface area contributed by atoms with E-state index in [-0.39, 0.29) is 11.8 Å². The number of rotatable bonds is 7. The minimum atomic E-state index is -1.33. The van der Waals surface area contributed by atoms with Crippen LogP contribution in [0.2, 0.25) is 0 Å². The van der Waals surface area contributed by atoms with Crippen molar-refractivity contribution in [2.45, 2.75) is 43.5 Å². The number of hydrogen-bond donors (Lipinski definition) is 1. The maximum atomic E-state index is 12.7. The Hall–Kier alpha value is -2.04. The Balaban J connectivity index is 1.73. The zero-order valence-corrected chi connectivity index (χ0v) is 15.2. The molecule has 3 nitrogen and oxygen atoms in total. The molecule has 0 heterocycles. The first-order valence-electron chi connectivity index (χ1n) is 8.65. The maximum Gasteiger partial charge on any atom is 0.160 e. The van der Waals surface area contributed by atoms with E-state index in [1.165, 1.54) is 5.56 Å². The summed E-state index contributed by atoms with van der Waals surface area (Å²) in [4.78, 5) is 12.9. The van der Waals surface area contributed by atoms with Gasteiger partial charge in [-0.25, -0.2) is 8.93 Å².